The number of hydrogen-bond acceptors (Lipinski definition) is 11. The Morgan fingerprint density at radius 2 is 1.42 bits per heavy atom. The van der Waals surface area contributed by atoms with Crippen LogP contribution in [0.1, 0.15) is 87.1 Å². The van der Waals surface area contributed by atoms with Crippen molar-refractivity contribution in [3.05, 3.63) is 35.9 Å². The van der Waals surface area contributed by atoms with E-state index >= 15 is 0 Å². The van der Waals surface area contributed by atoms with Gasteiger partial charge in [-0.1, -0.05) is 50.0 Å². The second-order valence-electron chi connectivity index (χ2n) is 17.5. The molecule has 0 saturated carbocycles. The summed E-state index contributed by atoms with van der Waals surface area (Å²) in [4.78, 5) is 55.1. The summed E-state index contributed by atoms with van der Waals surface area (Å²) in [5.41, 5.74) is -1.77. The SMILES string of the molecule is CC(C)(C)OC(=O)[C@H](CCN([C@@H](CCN1CC[C@H]1C(=O)OC(C)(C)C)C(=O)OC(C)(C)C)S(=O)(=O)CC[Si](C)(C)C)NC(=O)OCc1ccccc1. The van der Waals surface area contributed by atoms with E-state index in [1.165, 1.54) is 0 Å². The van der Waals surface area contributed by atoms with Gasteiger partial charge in [-0.3, -0.25) is 14.5 Å². The second kappa shape index (κ2) is 18.3. The summed E-state index contributed by atoms with van der Waals surface area (Å²) in [6.45, 7) is 22.1. The zero-order chi connectivity index (χ0) is 39.7. The molecule has 1 amide bonds. The number of carbonyl (C=O) groups is 4. The number of sulfonamides is 1. The number of nitrogens with one attached hydrogen (secondary N) is 1. The van der Waals surface area contributed by atoms with E-state index in [0.717, 1.165) is 9.87 Å². The fraction of sp³-hybridized carbons (Fsp3) is 0.730. The Morgan fingerprint density at radius 1 is 0.865 bits per heavy atom. The van der Waals surface area contributed by atoms with Crippen LogP contribution < -0.4 is 5.32 Å². The Morgan fingerprint density at radius 3 is 1.92 bits per heavy atom. The Hall–Kier alpha value is -3.01. The van der Waals surface area contributed by atoms with E-state index in [1.54, 1.807) is 86.6 Å². The van der Waals surface area contributed by atoms with E-state index in [0.29, 0.717) is 19.0 Å². The van der Waals surface area contributed by atoms with Crippen LogP contribution in [0.5, 0.6) is 0 Å². The second-order valence-corrected chi connectivity index (χ2v) is 25.2. The minimum absolute atomic E-state index is 0.0179. The maximum absolute atomic E-state index is 14.3. The average Bonchev–Trinajstić information content (AvgIpc) is 2.94. The predicted octanol–water partition coefficient (Wildman–Crippen LogP) is 5.50. The molecular formula is C37H63N3O10SSi. The lowest BCUT2D eigenvalue weighted by atomic mass is 10.0. The molecule has 1 saturated heterocycles. The van der Waals surface area contributed by atoms with Gasteiger partial charge in [0.05, 0.1) is 5.75 Å². The predicted molar refractivity (Wildman–Crippen MR) is 203 cm³/mol. The monoisotopic (exact) mass is 769 g/mol. The molecule has 0 bridgehead atoms. The number of esters is 3. The molecule has 2 rings (SSSR count). The number of likely N-dealkylation sites (tertiary alicyclic amines) is 1. The first-order valence-electron chi connectivity index (χ1n) is 18.1. The lowest BCUT2D eigenvalue weighted by Crippen LogP contribution is -2.56. The van der Waals surface area contributed by atoms with Crippen LogP contribution >= 0.6 is 0 Å². The molecule has 15 heteroatoms. The summed E-state index contributed by atoms with van der Waals surface area (Å²) in [5.74, 6) is -2.12. The van der Waals surface area contributed by atoms with E-state index in [4.69, 9.17) is 18.9 Å². The van der Waals surface area contributed by atoms with Gasteiger partial charge in [-0.15, -0.1) is 0 Å². The highest BCUT2D eigenvalue weighted by atomic mass is 32.2. The summed E-state index contributed by atoms with van der Waals surface area (Å²) in [6.07, 6.45) is -0.509. The molecule has 0 radical (unpaired) electrons. The molecule has 1 aromatic carbocycles. The van der Waals surface area contributed by atoms with Crippen molar-refractivity contribution < 1.29 is 46.5 Å². The Kier molecular flexibility index (Phi) is 15.9. The van der Waals surface area contributed by atoms with E-state index in [1.807, 2.05) is 11.0 Å². The van der Waals surface area contributed by atoms with E-state index in [9.17, 15) is 27.6 Å². The van der Waals surface area contributed by atoms with Gasteiger partial charge in [0.2, 0.25) is 10.0 Å². The third kappa shape index (κ3) is 16.8. The van der Waals surface area contributed by atoms with Crippen molar-refractivity contribution in [1.29, 1.82) is 0 Å². The van der Waals surface area contributed by atoms with Crippen LogP contribution in [0.4, 0.5) is 4.79 Å². The largest absolute Gasteiger partial charge is 0.459 e. The standard InChI is InChI=1S/C37H63N3O10SSi/c1-35(2,3)48-31(41)28(38-34(44)47-26-27-16-14-13-15-17-27)18-23-40(51(45,46)24-25-52(10,11)12)30(33(43)50-37(7,8)9)20-22-39-21-19-29(39)32(42)49-36(4,5)6/h13-17,28-30H,18-26H2,1-12H3,(H,38,44)/t28-,29-,30-/m0/s1. The topological polar surface area (TPSA) is 158 Å². The molecule has 0 aliphatic carbocycles. The molecule has 52 heavy (non-hydrogen) atoms. The van der Waals surface area contributed by atoms with Crippen LogP contribution in [-0.4, -0.2) is 110 Å². The van der Waals surface area contributed by atoms with E-state index < -0.39 is 71.1 Å². The number of ether oxygens (including phenoxy) is 4. The van der Waals surface area contributed by atoms with Crippen molar-refractivity contribution in [2.24, 2.45) is 0 Å². The summed E-state index contributed by atoms with van der Waals surface area (Å²) >= 11 is 0. The smallest absolute Gasteiger partial charge is 0.408 e. The van der Waals surface area contributed by atoms with Crippen LogP contribution in [0.25, 0.3) is 0 Å². The van der Waals surface area contributed by atoms with Crippen LogP contribution in [-0.2, 0) is 50.0 Å². The third-order valence-corrected chi connectivity index (χ3v) is 11.8. The first-order valence-corrected chi connectivity index (χ1v) is 23.4. The number of benzene rings is 1. The normalized spacial score (nSPS) is 17.1. The summed E-state index contributed by atoms with van der Waals surface area (Å²) in [7, 11) is -5.98. The minimum atomic E-state index is -4.12. The fourth-order valence-electron chi connectivity index (χ4n) is 5.21. The average molecular weight is 770 g/mol. The Balaban J connectivity index is 2.45. The van der Waals surface area contributed by atoms with Gasteiger partial charge in [-0.2, -0.15) is 4.31 Å². The summed E-state index contributed by atoms with van der Waals surface area (Å²) in [5, 5.41) is 2.56. The molecule has 1 heterocycles. The summed E-state index contributed by atoms with van der Waals surface area (Å²) in [6, 6.07) is 6.34. The molecule has 0 spiro atoms. The molecule has 13 nitrogen and oxygen atoms in total. The van der Waals surface area contributed by atoms with E-state index in [-0.39, 0.29) is 44.3 Å². The molecule has 1 aliphatic rings. The molecular weight excluding hydrogens is 707 g/mol. The Bertz CT molecular complexity index is 1460. The van der Waals surface area contributed by atoms with Gasteiger partial charge in [0.1, 0.15) is 41.5 Å². The highest BCUT2D eigenvalue weighted by molar-refractivity contribution is 7.89. The van der Waals surface area contributed by atoms with Crippen molar-refractivity contribution >= 4 is 42.1 Å². The van der Waals surface area contributed by atoms with Crippen LogP contribution in [0.2, 0.25) is 25.7 Å². The maximum Gasteiger partial charge on any atom is 0.408 e. The van der Waals surface area contributed by atoms with Crippen molar-refractivity contribution in [2.45, 2.75) is 149 Å². The molecule has 1 fully saturated rings. The molecule has 296 valence electrons. The molecule has 0 aromatic heterocycles. The van der Waals surface area contributed by atoms with Gasteiger partial charge in [-0.25, -0.2) is 18.0 Å². The molecule has 1 aliphatic heterocycles. The molecule has 1 N–H and O–H groups in total. The number of carbonyl (C=O) groups excluding carboxylic acids is 4. The maximum atomic E-state index is 14.3. The zero-order valence-corrected chi connectivity index (χ0v) is 35.2. The first-order chi connectivity index (χ1) is 23.7. The zero-order valence-electron chi connectivity index (χ0n) is 33.4. The Labute approximate surface area is 312 Å². The van der Waals surface area contributed by atoms with Crippen LogP contribution in [0.15, 0.2) is 30.3 Å². The number of nitrogens with zero attached hydrogens (tertiary/aromatic N) is 2. The summed E-state index contributed by atoms with van der Waals surface area (Å²) < 4.78 is 52.0. The number of hydrogen-bond donors (Lipinski definition) is 1. The van der Waals surface area contributed by atoms with Gasteiger partial charge in [0.25, 0.3) is 0 Å². The van der Waals surface area contributed by atoms with Crippen molar-refractivity contribution in [3.63, 3.8) is 0 Å². The van der Waals surface area contributed by atoms with Gasteiger partial charge < -0.3 is 24.3 Å². The highest BCUT2D eigenvalue weighted by Crippen LogP contribution is 2.26. The van der Waals surface area contributed by atoms with Gasteiger partial charge >= 0.3 is 24.0 Å². The van der Waals surface area contributed by atoms with Crippen LogP contribution in [0, 0.1) is 0 Å². The van der Waals surface area contributed by atoms with Crippen molar-refractivity contribution in [3.8, 4) is 0 Å². The number of rotatable bonds is 17. The van der Waals surface area contributed by atoms with Gasteiger partial charge in [0, 0.05) is 27.7 Å². The molecule has 1 aromatic rings. The lowest BCUT2D eigenvalue weighted by Gasteiger charge is -2.41. The van der Waals surface area contributed by atoms with Crippen LogP contribution in [0.3, 0.4) is 0 Å². The van der Waals surface area contributed by atoms with E-state index in [2.05, 4.69) is 25.0 Å². The molecule has 0 unspecified atom stereocenters. The fourth-order valence-corrected chi connectivity index (χ4v) is 9.89. The van der Waals surface area contributed by atoms with Gasteiger partial charge in [0.15, 0.2) is 0 Å². The molecule has 3 atom stereocenters. The minimum Gasteiger partial charge on any atom is -0.459 e. The quantitative estimate of drug-likeness (QED) is 0.121. The highest BCUT2D eigenvalue weighted by Gasteiger charge is 2.42. The first kappa shape index (κ1) is 45.1. The lowest BCUT2D eigenvalue weighted by molar-refractivity contribution is -0.166. The van der Waals surface area contributed by atoms with Crippen molar-refractivity contribution in [2.75, 3.05) is 25.4 Å². The third-order valence-electron chi connectivity index (χ3n) is 7.83. The number of amides is 1. The van der Waals surface area contributed by atoms with Gasteiger partial charge in [-0.05, 0) is 93.2 Å². The number of alkyl carbamates (subject to hydrolysis) is 1. The van der Waals surface area contributed by atoms with Crippen molar-refractivity contribution in [1.82, 2.24) is 14.5 Å².